The van der Waals surface area contributed by atoms with Crippen molar-refractivity contribution in [2.24, 2.45) is 10.7 Å². The first-order valence-corrected chi connectivity index (χ1v) is 2.71. The van der Waals surface area contributed by atoms with Crippen molar-refractivity contribution in [1.29, 1.82) is 0 Å². The Morgan fingerprint density at radius 2 is 2.11 bits per heavy atom. The van der Waals surface area contributed by atoms with Gasteiger partial charge in [0, 0.05) is 19.8 Å². The lowest BCUT2D eigenvalue weighted by atomic mass is 10.5. The second-order valence-electron chi connectivity index (χ2n) is 1.88. The molecule has 0 bridgehead atoms. The predicted molar refractivity (Wildman–Crippen MR) is 40.1 cm³/mol. The summed E-state index contributed by atoms with van der Waals surface area (Å²) < 4.78 is 0. The van der Waals surface area contributed by atoms with Crippen LogP contribution < -0.4 is 5.73 Å². The number of allylic oxidation sites excluding steroid dienone is 1. The fourth-order valence-corrected chi connectivity index (χ4v) is 0.346. The summed E-state index contributed by atoms with van der Waals surface area (Å²) in [5, 5.41) is 0. The summed E-state index contributed by atoms with van der Waals surface area (Å²) in [4.78, 5) is 5.49. The maximum atomic E-state index is 5.43. The van der Waals surface area contributed by atoms with Crippen LogP contribution >= 0.6 is 0 Å². The van der Waals surface area contributed by atoms with Gasteiger partial charge < -0.3 is 10.6 Å². The first kappa shape index (κ1) is 8.01. The Kier molecular flexibility index (Phi) is 2.78. The molecular weight excluding hydrogens is 114 g/mol. The molecule has 2 N–H and O–H groups in total. The average molecular weight is 127 g/mol. The zero-order valence-corrected chi connectivity index (χ0v) is 6.18. The van der Waals surface area contributed by atoms with Gasteiger partial charge in [-0.25, -0.2) is 0 Å². The fraction of sp³-hybridized carbons (Fsp3) is 0.500. The molecule has 0 aromatic carbocycles. The largest absolute Gasteiger partial charge is 0.370 e. The van der Waals surface area contributed by atoms with Gasteiger partial charge in [0.15, 0.2) is 5.96 Å². The molecule has 0 aliphatic heterocycles. The van der Waals surface area contributed by atoms with E-state index in [1.54, 1.807) is 11.9 Å². The Bertz CT molecular complexity index is 137. The Morgan fingerprint density at radius 1 is 1.67 bits per heavy atom. The molecule has 0 radical (unpaired) electrons. The van der Waals surface area contributed by atoms with E-state index in [-0.39, 0.29) is 0 Å². The molecule has 3 heteroatoms. The highest BCUT2D eigenvalue weighted by Gasteiger charge is 1.97. The van der Waals surface area contributed by atoms with E-state index >= 15 is 0 Å². The molecule has 0 aliphatic carbocycles. The van der Waals surface area contributed by atoms with E-state index in [0.717, 1.165) is 5.70 Å². The van der Waals surface area contributed by atoms with Crippen molar-refractivity contribution < 1.29 is 0 Å². The minimum atomic E-state index is 0.488. The van der Waals surface area contributed by atoms with Crippen LogP contribution in [0, 0.1) is 0 Å². The summed E-state index contributed by atoms with van der Waals surface area (Å²) in [6.45, 7) is 5.56. The zero-order valence-electron chi connectivity index (χ0n) is 6.18. The normalized spacial score (nSPS) is 11.2. The fourth-order valence-electron chi connectivity index (χ4n) is 0.346. The van der Waals surface area contributed by atoms with Crippen molar-refractivity contribution in [2.75, 3.05) is 14.1 Å². The van der Waals surface area contributed by atoms with Gasteiger partial charge >= 0.3 is 0 Å². The molecule has 0 aliphatic rings. The number of guanidine groups is 1. The van der Waals surface area contributed by atoms with Gasteiger partial charge in [0.25, 0.3) is 0 Å². The molecule has 9 heavy (non-hydrogen) atoms. The number of nitrogens with zero attached hydrogens (tertiary/aromatic N) is 2. The van der Waals surface area contributed by atoms with Crippen LogP contribution in [-0.2, 0) is 0 Å². The van der Waals surface area contributed by atoms with Crippen LogP contribution in [0.5, 0.6) is 0 Å². The number of nitrogens with two attached hydrogens (primary N) is 1. The molecule has 0 heterocycles. The molecule has 0 spiro atoms. The second kappa shape index (κ2) is 3.12. The van der Waals surface area contributed by atoms with Crippen molar-refractivity contribution in [1.82, 2.24) is 4.90 Å². The van der Waals surface area contributed by atoms with E-state index in [9.17, 15) is 0 Å². The molecule has 0 atom stereocenters. The predicted octanol–water partition coefficient (Wildman–Crippen LogP) is 0.396. The summed E-state index contributed by atoms with van der Waals surface area (Å²) in [5.41, 5.74) is 6.32. The van der Waals surface area contributed by atoms with Crippen molar-refractivity contribution in [3.63, 3.8) is 0 Å². The van der Waals surface area contributed by atoms with E-state index in [2.05, 4.69) is 11.6 Å². The van der Waals surface area contributed by atoms with Crippen molar-refractivity contribution in [3.05, 3.63) is 12.3 Å². The Morgan fingerprint density at radius 3 is 2.22 bits per heavy atom. The summed E-state index contributed by atoms with van der Waals surface area (Å²) in [6.07, 6.45) is 0. The smallest absolute Gasteiger partial charge is 0.194 e. The van der Waals surface area contributed by atoms with Crippen LogP contribution in [0.4, 0.5) is 0 Å². The van der Waals surface area contributed by atoms with Crippen molar-refractivity contribution >= 4 is 5.96 Å². The van der Waals surface area contributed by atoms with E-state index in [1.807, 2.05) is 14.0 Å². The minimum Gasteiger partial charge on any atom is -0.370 e. The van der Waals surface area contributed by atoms with E-state index in [4.69, 9.17) is 5.73 Å². The van der Waals surface area contributed by atoms with Gasteiger partial charge in [0.1, 0.15) is 0 Å². The molecular formula is C6H13N3. The number of hydrogen-bond donors (Lipinski definition) is 1. The highest BCUT2D eigenvalue weighted by molar-refractivity contribution is 5.79. The average Bonchev–Trinajstić information content (AvgIpc) is 1.84. The van der Waals surface area contributed by atoms with E-state index in [0.29, 0.717) is 5.96 Å². The quantitative estimate of drug-likeness (QED) is 0.409. The van der Waals surface area contributed by atoms with Gasteiger partial charge in [0.2, 0.25) is 0 Å². The van der Waals surface area contributed by atoms with E-state index in [1.165, 1.54) is 0 Å². The molecule has 0 saturated heterocycles. The van der Waals surface area contributed by atoms with Gasteiger partial charge in [-0.1, -0.05) is 6.58 Å². The third-order valence-corrected chi connectivity index (χ3v) is 1.15. The van der Waals surface area contributed by atoms with Crippen LogP contribution in [0.1, 0.15) is 6.92 Å². The third-order valence-electron chi connectivity index (χ3n) is 1.15. The zero-order chi connectivity index (χ0) is 7.44. The molecule has 0 saturated carbocycles. The van der Waals surface area contributed by atoms with E-state index < -0.39 is 0 Å². The molecule has 0 rings (SSSR count). The van der Waals surface area contributed by atoms with Gasteiger partial charge in [-0.2, -0.15) is 0 Å². The lowest BCUT2D eigenvalue weighted by molar-refractivity contribution is 0.621. The van der Waals surface area contributed by atoms with Crippen molar-refractivity contribution in [3.8, 4) is 0 Å². The summed E-state index contributed by atoms with van der Waals surface area (Å²) in [6, 6.07) is 0. The number of aliphatic imine (C=N–C) groups is 1. The molecule has 0 amide bonds. The molecule has 0 aromatic rings. The molecule has 0 unspecified atom stereocenters. The molecule has 52 valence electrons. The Labute approximate surface area is 55.9 Å². The summed E-state index contributed by atoms with van der Waals surface area (Å²) >= 11 is 0. The van der Waals surface area contributed by atoms with Crippen LogP contribution in [0.3, 0.4) is 0 Å². The molecule has 0 aromatic heterocycles. The van der Waals surface area contributed by atoms with Gasteiger partial charge in [0.05, 0.1) is 0 Å². The standard InChI is InChI=1S/C6H13N3/c1-5(2)9(4)6(7)8-3/h1H2,2-4H3,(H2,7,8). The second-order valence-corrected chi connectivity index (χ2v) is 1.88. The molecule has 0 fully saturated rings. The maximum absolute atomic E-state index is 5.43. The molecule has 3 nitrogen and oxygen atoms in total. The van der Waals surface area contributed by atoms with Crippen molar-refractivity contribution in [2.45, 2.75) is 6.92 Å². The highest BCUT2D eigenvalue weighted by Crippen LogP contribution is 1.93. The lowest BCUT2D eigenvalue weighted by Crippen LogP contribution is -2.31. The third kappa shape index (κ3) is 2.17. The SMILES string of the molecule is C=C(C)N(C)C(N)=NC. The Hall–Kier alpha value is -0.990. The van der Waals surface area contributed by atoms with Crippen LogP contribution in [0.2, 0.25) is 0 Å². The van der Waals surface area contributed by atoms with Gasteiger partial charge in [-0.3, -0.25) is 4.99 Å². The number of rotatable bonds is 1. The lowest BCUT2D eigenvalue weighted by Gasteiger charge is -2.16. The monoisotopic (exact) mass is 127 g/mol. The minimum absolute atomic E-state index is 0.488. The highest BCUT2D eigenvalue weighted by atomic mass is 15.2. The summed E-state index contributed by atoms with van der Waals surface area (Å²) in [7, 11) is 3.47. The number of hydrogen-bond acceptors (Lipinski definition) is 1. The maximum Gasteiger partial charge on any atom is 0.194 e. The summed E-state index contributed by atoms with van der Waals surface area (Å²) in [5.74, 6) is 0.488. The first-order valence-electron chi connectivity index (χ1n) is 2.71. The van der Waals surface area contributed by atoms with Crippen LogP contribution in [0.15, 0.2) is 17.3 Å². The van der Waals surface area contributed by atoms with Crippen LogP contribution in [0.25, 0.3) is 0 Å². The topological polar surface area (TPSA) is 41.6 Å². The Balaban J connectivity index is 4.04. The van der Waals surface area contributed by atoms with Gasteiger partial charge in [-0.15, -0.1) is 0 Å². The van der Waals surface area contributed by atoms with Crippen LogP contribution in [-0.4, -0.2) is 25.0 Å². The van der Waals surface area contributed by atoms with Gasteiger partial charge in [-0.05, 0) is 6.92 Å². The first-order chi connectivity index (χ1) is 4.09.